The van der Waals surface area contributed by atoms with Crippen molar-refractivity contribution in [3.8, 4) is 0 Å². The van der Waals surface area contributed by atoms with E-state index in [1.54, 1.807) is 12.1 Å². The summed E-state index contributed by atoms with van der Waals surface area (Å²) in [6, 6.07) is 5.14. The molecule has 0 fully saturated rings. The Morgan fingerprint density at radius 2 is 2.06 bits per heavy atom. The predicted octanol–water partition coefficient (Wildman–Crippen LogP) is 5.19. The molecule has 18 heavy (non-hydrogen) atoms. The second kappa shape index (κ2) is 7.90. The van der Waals surface area contributed by atoms with Crippen LogP contribution in [-0.4, -0.2) is 0 Å². The highest BCUT2D eigenvalue weighted by molar-refractivity contribution is 9.10. The number of hydrogen-bond acceptors (Lipinski definition) is 1. The molecular formula is C15H23BrFN. The van der Waals surface area contributed by atoms with E-state index >= 15 is 0 Å². The van der Waals surface area contributed by atoms with Crippen molar-refractivity contribution in [2.24, 2.45) is 11.7 Å². The van der Waals surface area contributed by atoms with Gasteiger partial charge in [-0.3, -0.25) is 0 Å². The standard InChI is InChI=1S/C15H23BrFN/c1-3-5-7-11(4-2)10-14(18)12-8-6-9-13(16)15(12)17/h6,8-9,11,14H,3-5,7,10,18H2,1-2H3. The Balaban J connectivity index is 2.68. The molecule has 2 atom stereocenters. The fraction of sp³-hybridized carbons (Fsp3) is 0.600. The molecule has 0 aliphatic carbocycles. The Kier molecular flexibility index (Phi) is 6.87. The highest BCUT2D eigenvalue weighted by atomic mass is 79.9. The normalized spacial score (nSPS) is 14.5. The van der Waals surface area contributed by atoms with Crippen LogP contribution >= 0.6 is 15.9 Å². The van der Waals surface area contributed by atoms with Crippen LogP contribution in [0.3, 0.4) is 0 Å². The predicted molar refractivity (Wildman–Crippen MR) is 79.0 cm³/mol. The first kappa shape index (κ1) is 15.6. The minimum atomic E-state index is -0.213. The second-order valence-corrected chi connectivity index (χ2v) is 5.76. The summed E-state index contributed by atoms with van der Waals surface area (Å²) in [5, 5.41) is 0. The zero-order valence-corrected chi connectivity index (χ0v) is 12.8. The molecule has 1 rings (SSSR count). The van der Waals surface area contributed by atoms with E-state index in [9.17, 15) is 4.39 Å². The minimum Gasteiger partial charge on any atom is -0.324 e. The van der Waals surface area contributed by atoms with E-state index in [-0.39, 0.29) is 11.9 Å². The fourth-order valence-electron chi connectivity index (χ4n) is 2.27. The zero-order chi connectivity index (χ0) is 13.5. The smallest absolute Gasteiger partial charge is 0.142 e. The quantitative estimate of drug-likeness (QED) is 0.735. The molecule has 0 spiro atoms. The van der Waals surface area contributed by atoms with Gasteiger partial charge in [-0.15, -0.1) is 0 Å². The van der Waals surface area contributed by atoms with Crippen molar-refractivity contribution in [2.45, 2.75) is 52.0 Å². The third kappa shape index (κ3) is 4.36. The van der Waals surface area contributed by atoms with Gasteiger partial charge in [0.25, 0.3) is 0 Å². The van der Waals surface area contributed by atoms with Crippen molar-refractivity contribution in [3.63, 3.8) is 0 Å². The lowest BCUT2D eigenvalue weighted by Gasteiger charge is -2.20. The maximum atomic E-state index is 13.9. The summed E-state index contributed by atoms with van der Waals surface area (Å²) in [5.41, 5.74) is 6.78. The number of halogens is 2. The second-order valence-electron chi connectivity index (χ2n) is 4.90. The molecule has 0 saturated carbocycles. The highest BCUT2D eigenvalue weighted by Crippen LogP contribution is 2.29. The van der Waals surface area contributed by atoms with Crippen LogP contribution in [0.1, 0.15) is 57.6 Å². The monoisotopic (exact) mass is 315 g/mol. The van der Waals surface area contributed by atoms with Crippen molar-refractivity contribution in [2.75, 3.05) is 0 Å². The summed E-state index contributed by atoms with van der Waals surface area (Å²) < 4.78 is 14.4. The van der Waals surface area contributed by atoms with Crippen molar-refractivity contribution < 1.29 is 4.39 Å². The molecule has 0 bridgehead atoms. The van der Waals surface area contributed by atoms with E-state index in [1.165, 1.54) is 19.3 Å². The van der Waals surface area contributed by atoms with Gasteiger partial charge in [0, 0.05) is 11.6 Å². The van der Waals surface area contributed by atoms with Crippen LogP contribution in [0.2, 0.25) is 0 Å². The molecule has 3 heteroatoms. The molecular weight excluding hydrogens is 293 g/mol. The van der Waals surface area contributed by atoms with E-state index in [1.807, 2.05) is 6.07 Å². The molecule has 102 valence electrons. The van der Waals surface area contributed by atoms with Gasteiger partial charge in [0.2, 0.25) is 0 Å². The van der Waals surface area contributed by atoms with E-state index in [0.29, 0.717) is 16.0 Å². The average molecular weight is 316 g/mol. The molecule has 0 amide bonds. The first-order valence-corrected chi connectivity index (χ1v) is 7.58. The zero-order valence-electron chi connectivity index (χ0n) is 11.3. The van der Waals surface area contributed by atoms with Crippen LogP contribution in [-0.2, 0) is 0 Å². The van der Waals surface area contributed by atoms with Crippen LogP contribution < -0.4 is 5.73 Å². The van der Waals surface area contributed by atoms with E-state index < -0.39 is 0 Å². The lowest BCUT2D eigenvalue weighted by Crippen LogP contribution is -2.17. The summed E-state index contributed by atoms with van der Waals surface area (Å²) in [6.07, 6.45) is 5.60. The van der Waals surface area contributed by atoms with Gasteiger partial charge in [0.05, 0.1) is 4.47 Å². The SMILES string of the molecule is CCCCC(CC)CC(N)c1cccc(Br)c1F. The van der Waals surface area contributed by atoms with E-state index in [0.717, 1.165) is 12.8 Å². The van der Waals surface area contributed by atoms with Crippen molar-refractivity contribution in [1.82, 2.24) is 0 Å². The van der Waals surface area contributed by atoms with Crippen LogP contribution in [0.5, 0.6) is 0 Å². The third-order valence-electron chi connectivity index (χ3n) is 3.51. The largest absolute Gasteiger partial charge is 0.324 e. The third-order valence-corrected chi connectivity index (χ3v) is 4.12. The molecule has 0 aliphatic rings. The number of nitrogens with two attached hydrogens (primary N) is 1. The highest BCUT2D eigenvalue weighted by Gasteiger charge is 2.17. The molecule has 1 nitrogen and oxygen atoms in total. The maximum absolute atomic E-state index is 13.9. The number of hydrogen-bond donors (Lipinski definition) is 1. The van der Waals surface area contributed by atoms with Crippen molar-refractivity contribution in [1.29, 1.82) is 0 Å². The Labute approximate surface area is 118 Å². The first-order valence-electron chi connectivity index (χ1n) is 6.79. The fourth-order valence-corrected chi connectivity index (χ4v) is 2.66. The molecule has 0 saturated heterocycles. The van der Waals surface area contributed by atoms with E-state index in [4.69, 9.17) is 5.73 Å². The molecule has 1 aromatic carbocycles. The van der Waals surface area contributed by atoms with Gasteiger partial charge in [-0.2, -0.15) is 0 Å². The average Bonchev–Trinajstić information content (AvgIpc) is 2.37. The van der Waals surface area contributed by atoms with Gasteiger partial charge in [-0.1, -0.05) is 51.7 Å². The van der Waals surface area contributed by atoms with Crippen LogP contribution in [0.25, 0.3) is 0 Å². The van der Waals surface area contributed by atoms with Gasteiger partial charge >= 0.3 is 0 Å². The number of rotatable bonds is 7. The Morgan fingerprint density at radius 3 is 2.67 bits per heavy atom. The summed E-state index contributed by atoms with van der Waals surface area (Å²) >= 11 is 3.21. The summed E-state index contributed by atoms with van der Waals surface area (Å²) in [4.78, 5) is 0. The van der Waals surface area contributed by atoms with Gasteiger partial charge < -0.3 is 5.73 Å². The Hall–Kier alpha value is -0.410. The van der Waals surface area contributed by atoms with Crippen LogP contribution in [0.4, 0.5) is 4.39 Å². The molecule has 2 N–H and O–H groups in total. The molecule has 0 heterocycles. The van der Waals surface area contributed by atoms with Gasteiger partial charge in [-0.25, -0.2) is 4.39 Å². The lowest BCUT2D eigenvalue weighted by atomic mass is 9.89. The molecule has 0 aliphatic heterocycles. The Morgan fingerprint density at radius 1 is 1.33 bits per heavy atom. The van der Waals surface area contributed by atoms with Crippen molar-refractivity contribution >= 4 is 15.9 Å². The Bertz CT molecular complexity index is 368. The summed E-state index contributed by atoms with van der Waals surface area (Å²) in [7, 11) is 0. The summed E-state index contributed by atoms with van der Waals surface area (Å²) in [6.45, 7) is 4.38. The minimum absolute atomic E-state index is 0.204. The van der Waals surface area contributed by atoms with Gasteiger partial charge in [0.15, 0.2) is 0 Å². The van der Waals surface area contributed by atoms with E-state index in [2.05, 4.69) is 29.8 Å². The lowest BCUT2D eigenvalue weighted by molar-refractivity contribution is 0.383. The molecule has 0 radical (unpaired) electrons. The topological polar surface area (TPSA) is 26.0 Å². The number of benzene rings is 1. The molecule has 1 aromatic rings. The summed E-state index contributed by atoms with van der Waals surface area (Å²) in [5.74, 6) is 0.383. The van der Waals surface area contributed by atoms with Crippen LogP contribution in [0, 0.1) is 11.7 Å². The van der Waals surface area contributed by atoms with Crippen LogP contribution in [0.15, 0.2) is 22.7 Å². The molecule has 0 aromatic heterocycles. The van der Waals surface area contributed by atoms with Gasteiger partial charge in [0.1, 0.15) is 5.82 Å². The maximum Gasteiger partial charge on any atom is 0.142 e. The number of unbranched alkanes of at least 4 members (excludes halogenated alkanes) is 1. The first-order chi connectivity index (χ1) is 8.60. The van der Waals surface area contributed by atoms with Gasteiger partial charge in [-0.05, 0) is 34.3 Å². The molecule has 2 unspecified atom stereocenters. The van der Waals surface area contributed by atoms with Crippen molar-refractivity contribution in [3.05, 3.63) is 34.1 Å².